The standard InChI is InChI=1S/C17H23ClN4O4S/c1-4-5-6-9-26-12(23)10-27-17-19-14-13(22(17)8-7-11(2)18)15(24)20-16(25)21(14)3/h7H,4-6,8-10H2,1-3H3,(H,20,24,25)/b11-7-. The monoisotopic (exact) mass is 414 g/mol. The van der Waals surface area contributed by atoms with E-state index in [0.29, 0.717) is 23.3 Å². The number of rotatable bonds is 9. The number of esters is 1. The number of aromatic amines is 1. The Bertz CT molecular complexity index is 956. The van der Waals surface area contributed by atoms with E-state index in [1.165, 1.54) is 11.6 Å². The molecule has 148 valence electrons. The summed E-state index contributed by atoms with van der Waals surface area (Å²) in [6, 6.07) is 0. The zero-order valence-electron chi connectivity index (χ0n) is 15.6. The molecule has 0 saturated heterocycles. The molecule has 0 atom stereocenters. The largest absolute Gasteiger partial charge is 0.465 e. The Kier molecular flexibility index (Phi) is 7.73. The smallest absolute Gasteiger partial charge is 0.329 e. The summed E-state index contributed by atoms with van der Waals surface area (Å²) in [5, 5.41) is 1.00. The topological polar surface area (TPSA) is 99.0 Å². The number of aromatic nitrogens is 4. The number of hydrogen-bond acceptors (Lipinski definition) is 6. The third-order valence-electron chi connectivity index (χ3n) is 3.86. The van der Waals surface area contributed by atoms with Gasteiger partial charge in [-0.15, -0.1) is 0 Å². The van der Waals surface area contributed by atoms with Crippen LogP contribution in [0.2, 0.25) is 0 Å². The van der Waals surface area contributed by atoms with Gasteiger partial charge in [0.2, 0.25) is 0 Å². The van der Waals surface area contributed by atoms with E-state index in [-0.39, 0.29) is 22.9 Å². The maximum Gasteiger partial charge on any atom is 0.329 e. The molecular weight excluding hydrogens is 392 g/mol. The van der Waals surface area contributed by atoms with Gasteiger partial charge in [0.05, 0.1) is 12.4 Å². The molecule has 0 unspecified atom stereocenters. The molecule has 0 aliphatic rings. The molecule has 0 aliphatic heterocycles. The summed E-state index contributed by atoms with van der Waals surface area (Å²) in [5.74, 6) is -0.285. The molecule has 0 spiro atoms. The maximum absolute atomic E-state index is 12.3. The Morgan fingerprint density at radius 2 is 2.11 bits per heavy atom. The molecule has 2 heterocycles. The fourth-order valence-electron chi connectivity index (χ4n) is 2.41. The fraction of sp³-hybridized carbons (Fsp3) is 0.529. The number of unbranched alkanes of at least 4 members (excludes halogenated alkanes) is 2. The highest BCUT2D eigenvalue weighted by Gasteiger charge is 2.18. The van der Waals surface area contributed by atoms with Gasteiger partial charge in [-0.1, -0.05) is 49.2 Å². The van der Waals surface area contributed by atoms with Crippen molar-refractivity contribution in [1.29, 1.82) is 0 Å². The van der Waals surface area contributed by atoms with Gasteiger partial charge in [0, 0.05) is 18.6 Å². The molecule has 2 rings (SSSR count). The van der Waals surface area contributed by atoms with Crippen LogP contribution in [-0.4, -0.2) is 37.4 Å². The first-order chi connectivity index (χ1) is 12.8. The van der Waals surface area contributed by atoms with Gasteiger partial charge in [0.25, 0.3) is 5.56 Å². The second-order valence-electron chi connectivity index (χ2n) is 6.00. The van der Waals surface area contributed by atoms with E-state index >= 15 is 0 Å². The molecule has 0 radical (unpaired) electrons. The van der Waals surface area contributed by atoms with Crippen LogP contribution in [0.25, 0.3) is 11.2 Å². The van der Waals surface area contributed by atoms with Crippen LogP contribution in [0, 0.1) is 0 Å². The van der Waals surface area contributed by atoms with E-state index in [1.807, 2.05) is 0 Å². The lowest BCUT2D eigenvalue weighted by Crippen LogP contribution is -2.29. The minimum Gasteiger partial charge on any atom is -0.465 e. The lowest BCUT2D eigenvalue weighted by atomic mass is 10.3. The summed E-state index contributed by atoms with van der Waals surface area (Å²) in [6.07, 6.45) is 4.62. The molecule has 2 aromatic heterocycles. The number of ether oxygens (including phenoxy) is 1. The summed E-state index contributed by atoms with van der Waals surface area (Å²) in [7, 11) is 1.52. The first-order valence-corrected chi connectivity index (χ1v) is 10.0. The number of carbonyl (C=O) groups is 1. The predicted octanol–water partition coefficient (Wildman–Crippen LogP) is 2.39. The van der Waals surface area contributed by atoms with Crippen molar-refractivity contribution in [3.63, 3.8) is 0 Å². The van der Waals surface area contributed by atoms with Crippen LogP contribution in [0.5, 0.6) is 0 Å². The van der Waals surface area contributed by atoms with Crippen molar-refractivity contribution < 1.29 is 9.53 Å². The lowest BCUT2D eigenvalue weighted by molar-refractivity contribution is -0.140. The average Bonchev–Trinajstić information content (AvgIpc) is 2.99. The number of fused-ring (bicyclic) bond motifs is 1. The predicted molar refractivity (Wildman–Crippen MR) is 106 cm³/mol. The number of imidazole rings is 1. The van der Waals surface area contributed by atoms with Crippen molar-refractivity contribution in [3.05, 3.63) is 31.9 Å². The highest BCUT2D eigenvalue weighted by Crippen LogP contribution is 2.22. The molecular formula is C17H23ClN4O4S. The first kappa shape index (κ1) is 21.3. The molecule has 0 amide bonds. The second-order valence-corrected chi connectivity index (χ2v) is 7.54. The fourth-order valence-corrected chi connectivity index (χ4v) is 3.29. The zero-order valence-corrected chi connectivity index (χ0v) is 17.2. The number of aryl methyl sites for hydroxylation is 1. The van der Waals surface area contributed by atoms with Gasteiger partial charge in [-0.25, -0.2) is 9.78 Å². The molecule has 1 N–H and O–H groups in total. The van der Waals surface area contributed by atoms with Crippen molar-refractivity contribution in [2.45, 2.75) is 44.8 Å². The molecule has 27 heavy (non-hydrogen) atoms. The average molecular weight is 415 g/mol. The van der Waals surface area contributed by atoms with Crippen molar-refractivity contribution in [3.8, 4) is 0 Å². The Morgan fingerprint density at radius 3 is 2.78 bits per heavy atom. The van der Waals surface area contributed by atoms with E-state index < -0.39 is 11.2 Å². The number of allylic oxidation sites excluding steroid dienone is 2. The number of nitrogens with zero attached hydrogens (tertiary/aromatic N) is 3. The van der Waals surface area contributed by atoms with Crippen molar-refractivity contribution in [1.82, 2.24) is 19.1 Å². The van der Waals surface area contributed by atoms with Crippen LogP contribution in [0.15, 0.2) is 25.9 Å². The highest BCUT2D eigenvalue weighted by molar-refractivity contribution is 7.99. The summed E-state index contributed by atoms with van der Waals surface area (Å²) >= 11 is 7.07. The van der Waals surface area contributed by atoms with Gasteiger partial charge in [0.1, 0.15) is 0 Å². The summed E-state index contributed by atoms with van der Waals surface area (Å²) in [6.45, 7) is 4.49. The van der Waals surface area contributed by atoms with Crippen molar-refractivity contribution >= 4 is 40.5 Å². The third kappa shape index (κ3) is 5.49. The maximum atomic E-state index is 12.3. The Hall–Kier alpha value is -2.00. The number of nitrogens with one attached hydrogen (secondary N) is 1. The van der Waals surface area contributed by atoms with Crippen molar-refractivity contribution in [2.24, 2.45) is 7.05 Å². The van der Waals surface area contributed by atoms with Gasteiger partial charge in [-0.2, -0.15) is 0 Å². The van der Waals surface area contributed by atoms with Gasteiger partial charge >= 0.3 is 11.7 Å². The van der Waals surface area contributed by atoms with Crippen LogP contribution in [0.3, 0.4) is 0 Å². The van der Waals surface area contributed by atoms with Crippen LogP contribution >= 0.6 is 23.4 Å². The molecule has 0 aliphatic carbocycles. The van der Waals surface area contributed by atoms with E-state index in [4.69, 9.17) is 16.3 Å². The molecule has 0 fully saturated rings. The summed E-state index contributed by atoms with van der Waals surface area (Å²) in [5.41, 5.74) is -0.573. The molecule has 0 aromatic carbocycles. The van der Waals surface area contributed by atoms with Gasteiger partial charge in [0.15, 0.2) is 16.3 Å². The third-order valence-corrected chi connectivity index (χ3v) is 4.96. The van der Waals surface area contributed by atoms with Crippen LogP contribution < -0.4 is 11.2 Å². The highest BCUT2D eigenvalue weighted by atomic mass is 35.5. The lowest BCUT2D eigenvalue weighted by Gasteiger charge is -2.06. The van der Waals surface area contributed by atoms with Gasteiger partial charge < -0.3 is 9.30 Å². The normalized spacial score (nSPS) is 11.9. The van der Waals surface area contributed by atoms with E-state index in [1.54, 1.807) is 17.6 Å². The Balaban J connectivity index is 2.28. The zero-order chi connectivity index (χ0) is 20.0. The number of H-pyrrole nitrogens is 1. The molecule has 8 nitrogen and oxygen atoms in total. The Morgan fingerprint density at radius 1 is 1.37 bits per heavy atom. The summed E-state index contributed by atoms with van der Waals surface area (Å²) in [4.78, 5) is 42.7. The molecule has 0 saturated carbocycles. The minimum atomic E-state index is -0.548. The van der Waals surface area contributed by atoms with Crippen LogP contribution in [0.1, 0.15) is 33.1 Å². The number of thioether (sulfide) groups is 1. The first-order valence-electron chi connectivity index (χ1n) is 8.65. The number of hydrogen-bond donors (Lipinski definition) is 1. The summed E-state index contributed by atoms with van der Waals surface area (Å²) < 4.78 is 8.09. The number of halogens is 1. The molecule has 0 bridgehead atoms. The van der Waals surface area contributed by atoms with Crippen molar-refractivity contribution in [2.75, 3.05) is 12.4 Å². The van der Waals surface area contributed by atoms with Gasteiger partial charge in [-0.05, 0) is 13.3 Å². The second kappa shape index (κ2) is 9.80. The quantitative estimate of drug-likeness (QED) is 0.384. The van der Waals surface area contributed by atoms with E-state index in [0.717, 1.165) is 31.0 Å². The van der Waals surface area contributed by atoms with Crippen LogP contribution in [0.4, 0.5) is 0 Å². The molecule has 2 aromatic rings. The van der Waals surface area contributed by atoms with E-state index in [2.05, 4.69) is 16.9 Å². The molecule has 10 heteroatoms. The van der Waals surface area contributed by atoms with E-state index in [9.17, 15) is 14.4 Å². The number of carbonyl (C=O) groups excluding carboxylic acids is 1. The minimum absolute atomic E-state index is 0.0604. The van der Waals surface area contributed by atoms with Crippen LogP contribution in [-0.2, 0) is 23.1 Å². The SMILES string of the molecule is CCCCCOC(=O)CSc1nc2c(c(=O)[nH]c(=O)n2C)n1C/C=C(/C)Cl. The Labute approximate surface area is 165 Å². The van der Waals surface area contributed by atoms with Gasteiger partial charge in [-0.3, -0.25) is 19.1 Å².